The van der Waals surface area contributed by atoms with Crippen LogP contribution in [0.25, 0.3) is 0 Å². The van der Waals surface area contributed by atoms with Gasteiger partial charge < -0.3 is 0 Å². The third kappa shape index (κ3) is 3.37. The molecule has 0 radical (unpaired) electrons. The quantitative estimate of drug-likeness (QED) is 0.654. The van der Waals surface area contributed by atoms with Crippen LogP contribution < -0.4 is 10.4 Å². The smallest absolute Gasteiger partial charge is 0.266 e. The zero-order valence-electron chi connectivity index (χ0n) is 11.6. The van der Waals surface area contributed by atoms with Gasteiger partial charge in [0, 0.05) is 0 Å². The number of anilines is 2. The molecule has 5 heteroatoms. The molecule has 0 atom stereocenters. The first-order chi connectivity index (χ1) is 10.7. The van der Waals surface area contributed by atoms with Gasteiger partial charge in [0.25, 0.3) is 5.91 Å². The number of carbonyl (C=O) groups is 1. The maximum absolute atomic E-state index is 12.5. The lowest BCUT2D eigenvalue weighted by molar-refractivity contribution is 0.0958. The van der Waals surface area contributed by atoms with Crippen LogP contribution >= 0.6 is 27.3 Å². The van der Waals surface area contributed by atoms with E-state index in [9.17, 15) is 4.79 Å². The van der Waals surface area contributed by atoms with Gasteiger partial charge in [0.15, 0.2) is 0 Å². The van der Waals surface area contributed by atoms with Gasteiger partial charge in [-0.25, -0.2) is 0 Å². The summed E-state index contributed by atoms with van der Waals surface area (Å²) in [7, 11) is 0. The second-order valence-corrected chi connectivity index (χ2v) is 7.01. The molecule has 0 spiro atoms. The summed E-state index contributed by atoms with van der Waals surface area (Å²) in [4.78, 5) is 13.1. The molecule has 1 N–H and O–H groups in total. The van der Waals surface area contributed by atoms with Gasteiger partial charge in [-0.2, -0.15) is 0 Å². The summed E-state index contributed by atoms with van der Waals surface area (Å²) < 4.78 is 0.934. The Labute approximate surface area is 141 Å². The molecule has 1 aromatic heterocycles. The van der Waals surface area contributed by atoms with Crippen LogP contribution in [0.3, 0.4) is 0 Å². The summed E-state index contributed by atoms with van der Waals surface area (Å²) in [6.45, 7) is 0. The van der Waals surface area contributed by atoms with Crippen LogP contribution in [-0.4, -0.2) is 5.91 Å². The van der Waals surface area contributed by atoms with Crippen molar-refractivity contribution in [2.75, 3.05) is 5.01 Å². The number of rotatable bonds is 4. The van der Waals surface area contributed by atoms with Gasteiger partial charge >= 0.3 is 0 Å². The zero-order chi connectivity index (χ0) is 15.4. The fraction of sp³-hybridized carbons (Fsp3) is 0. The van der Waals surface area contributed by atoms with Crippen molar-refractivity contribution in [3.05, 3.63) is 81.5 Å². The van der Waals surface area contributed by atoms with Gasteiger partial charge in [0.2, 0.25) is 0 Å². The van der Waals surface area contributed by atoms with Crippen molar-refractivity contribution in [2.24, 2.45) is 0 Å². The molecule has 0 bridgehead atoms. The first-order valence-corrected chi connectivity index (χ1v) is 8.31. The minimum Gasteiger partial charge on any atom is -0.266 e. The Balaban J connectivity index is 1.91. The lowest BCUT2D eigenvalue weighted by Crippen LogP contribution is -2.38. The predicted octanol–water partition coefficient (Wildman–Crippen LogP) is 4.99. The third-order valence-corrected chi connectivity index (χ3v) is 4.66. The molecule has 3 aromatic rings. The SMILES string of the molecule is O=C(NN(c1ccccc1)c1ccccc1)c1ccc(Br)s1. The summed E-state index contributed by atoms with van der Waals surface area (Å²) in [6.07, 6.45) is 0. The molecule has 2 aromatic carbocycles. The van der Waals surface area contributed by atoms with Crippen LogP contribution in [-0.2, 0) is 0 Å². The molecule has 3 rings (SSSR count). The van der Waals surface area contributed by atoms with E-state index in [-0.39, 0.29) is 5.91 Å². The molecule has 3 nitrogen and oxygen atoms in total. The summed E-state index contributed by atoms with van der Waals surface area (Å²) in [6, 6.07) is 23.2. The summed E-state index contributed by atoms with van der Waals surface area (Å²) >= 11 is 4.79. The number of benzene rings is 2. The summed E-state index contributed by atoms with van der Waals surface area (Å²) in [5, 5.41) is 1.79. The number of carbonyl (C=O) groups excluding carboxylic acids is 1. The molecule has 1 amide bonds. The number of nitrogens with zero attached hydrogens (tertiary/aromatic N) is 1. The number of amides is 1. The van der Waals surface area contributed by atoms with Crippen LogP contribution in [0.2, 0.25) is 0 Å². The Morgan fingerprint density at radius 2 is 1.41 bits per heavy atom. The Morgan fingerprint density at radius 3 is 1.86 bits per heavy atom. The molecule has 1 heterocycles. The molecule has 0 fully saturated rings. The molecular formula is C17H13BrN2OS. The Kier molecular flexibility index (Phi) is 4.56. The van der Waals surface area contributed by atoms with E-state index in [1.165, 1.54) is 11.3 Å². The van der Waals surface area contributed by atoms with Crippen molar-refractivity contribution < 1.29 is 4.79 Å². The van der Waals surface area contributed by atoms with E-state index in [2.05, 4.69) is 21.4 Å². The van der Waals surface area contributed by atoms with E-state index in [4.69, 9.17) is 0 Å². The van der Waals surface area contributed by atoms with Crippen molar-refractivity contribution >= 4 is 44.5 Å². The summed E-state index contributed by atoms with van der Waals surface area (Å²) in [5.74, 6) is -0.136. The molecular weight excluding hydrogens is 360 g/mol. The minimum atomic E-state index is -0.136. The Morgan fingerprint density at radius 1 is 0.864 bits per heavy atom. The second-order valence-electron chi connectivity index (χ2n) is 4.55. The van der Waals surface area contributed by atoms with Crippen molar-refractivity contribution in [1.29, 1.82) is 0 Å². The van der Waals surface area contributed by atoms with Crippen molar-refractivity contribution in [3.8, 4) is 0 Å². The molecule has 0 aliphatic carbocycles. The number of hydrazine groups is 1. The number of halogens is 1. The van der Waals surface area contributed by atoms with Crippen LogP contribution in [0, 0.1) is 0 Å². The number of para-hydroxylation sites is 2. The Bertz CT molecular complexity index is 719. The van der Waals surface area contributed by atoms with Gasteiger partial charge in [-0.3, -0.25) is 15.2 Å². The highest BCUT2D eigenvalue weighted by Gasteiger charge is 2.15. The fourth-order valence-electron chi connectivity index (χ4n) is 2.03. The van der Waals surface area contributed by atoms with Gasteiger partial charge in [-0.05, 0) is 52.3 Å². The van der Waals surface area contributed by atoms with E-state index < -0.39 is 0 Å². The first-order valence-electron chi connectivity index (χ1n) is 6.70. The predicted molar refractivity (Wildman–Crippen MR) is 94.5 cm³/mol. The van der Waals surface area contributed by atoms with E-state index >= 15 is 0 Å². The number of hydrogen-bond acceptors (Lipinski definition) is 3. The highest BCUT2D eigenvalue weighted by atomic mass is 79.9. The van der Waals surface area contributed by atoms with Gasteiger partial charge in [-0.1, -0.05) is 36.4 Å². The van der Waals surface area contributed by atoms with Crippen molar-refractivity contribution in [3.63, 3.8) is 0 Å². The highest BCUT2D eigenvalue weighted by molar-refractivity contribution is 9.11. The molecule has 22 heavy (non-hydrogen) atoms. The van der Waals surface area contributed by atoms with Crippen molar-refractivity contribution in [2.45, 2.75) is 0 Å². The zero-order valence-corrected chi connectivity index (χ0v) is 14.0. The maximum atomic E-state index is 12.5. The molecule has 110 valence electrons. The normalized spacial score (nSPS) is 10.2. The number of nitrogens with one attached hydrogen (secondary N) is 1. The van der Waals surface area contributed by atoms with E-state index in [1.807, 2.05) is 66.7 Å². The van der Waals surface area contributed by atoms with Gasteiger partial charge in [0.1, 0.15) is 0 Å². The van der Waals surface area contributed by atoms with Gasteiger partial charge in [0.05, 0.1) is 20.0 Å². The van der Waals surface area contributed by atoms with E-state index in [0.717, 1.165) is 15.2 Å². The van der Waals surface area contributed by atoms with E-state index in [0.29, 0.717) is 4.88 Å². The second kappa shape index (κ2) is 6.77. The lowest BCUT2D eigenvalue weighted by atomic mass is 10.2. The molecule has 0 saturated carbocycles. The van der Waals surface area contributed by atoms with Crippen LogP contribution in [0.15, 0.2) is 76.6 Å². The van der Waals surface area contributed by atoms with Gasteiger partial charge in [-0.15, -0.1) is 11.3 Å². The third-order valence-electron chi connectivity index (χ3n) is 3.04. The minimum absolute atomic E-state index is 0.136. The Hall–Kier alpha value is -2.11. The summed E-state index contributed by atoms with van der Waals surface area (Å²) in [5.41, 5.74) is 4.76. The van der Waals surface area contributed by atoms with Crippen LogP contribution in [0.4, 0.5) is 11.4 Å². The van der Waals surface area contributed by atoms with Crippen molar-refractivity contribution in [1.82, 2.24) is 5.43 Å². The largest absolute Gasteiger partial charge is 0.280 e. The molecule has 0 unspecified atom stereocenters. The maximum Gasteiger partial charge on any atom is 0.280 e. The average Bonchev–Trinajstić information content (AvgIpc) is 3.01. The monoisotopic (exact) mass is 372 g/mol. The van der Waals surface area contributed by atoms with Crippen LogP contribution in [0.5, 0.6) is 0 Å². The number of hydrogen-bond donors (Lipinski definition) is 1. The standard InChI is InChI=1S/C17H13BrN2OS/c18-16-12-11-15(22-16)17(21)19-20(13-7-3-1-4-8-13)14-9-5-2-6-10-14/h1-12H,(H,19,21). The topological polar surface area (TPSA) is 32.3 Å². The number of thiophene rings is 1. The lowest BCUT2D eigenvalue weighted by Gasteiger charge is -2.25. The average molecular weight is 373 g/mol. The fourth-order valence-corrected chi connectivity index (χ4v) is 3.30. The molecule has 0 aliphatic heterocycles. The van der Waals surface area contributed by atoms with Crippen LogP contribution in [0.1, 0.15) is 9.67 Å². The van der Waals surface area contributed by atoms with E-state index in [1.54, 1.807) is 11.1 Å². The highest BCUT2D eigenvalue weighted by Crippen LogP contribution is 2.25. The first kappa shape index (κ1) is 14.8. The molecule has 0 saturated heterocycles. The molecule has 0 aliphatic rings.